The Balaban J connectivity index is 2.34. The van der Waals surface area contributed by atoms with Crippen molar-refractivity contribution < 1.29 is 13.3 Å². The molecule has 0 amide bonds. The van der Waals surface area contributed by atoms with Gasteiger partial charge in [-0.3, -0.25) is 0 Å². The van der Waals surface area contributed by atoms with E-state index < -0.39 is 13.8 Å². The summed E-state index contributed by atoms with van der Waals surface area (Å²) in [6.45, 7) is 0. The van der Waals surface area contributed by atoms with Crippen LogP contribution in [0, 0.1) is 0 Å². The second kappa shape index (κ2) is 5.80. The normalized spacial score (nSPS) is 10.4. The SMILES string of the molecule is COc1cccc([Se](=O)c2cccc(OC)c2)c1. The van der Waals surface area contributed by atoms with Gasteiger partial charge in [-0.25, -0.2) is 0 Å². The summed E-state index contributed by atoms with van der Waals surface area (Å²) in [6, 6.07) is 14.7. The fraction of sp³-hybridized carbons (Fsp3) is 0.143. The van der Waals surface area contributed by atoms with Gasteiger partial charge in [0.15, 0.2) is 0 Å². The average Bonchev–Trinajstić information content (AvgIpc) is 2.46. The van der Waals surface area contributed by atoms with Gasteiger partial charge in [0.1, 0.15) is 0 Å². The molecule has 94 valence electrons. The van der Waals surface area contributed by atoms with Crippen LogP contribution in [0.5, 0.6) is 11.5 Å². The zero-order chi connectivity index (χ0) is 13.0. The number of methoxy groups -OCH3 is 2. The van der Waals surface area contributed by atoms with Crippen molar-refractivity contribution in [1.29, 1.82) is 0 Å². The number of benzene rings is 2. The third kappa shape index (κ3) is 2.78. The summed E-state index contributed by atoms with van der Waals surface area (Å²) in [6.07, 6.45) is 0. The van der Waals surface area contributed by atoms with Crippen LogP contribution in [-0.2, 0) is 3.83 Å². The van der Waals surface area contributed by atoms with Crippen LogP contribution in [0.15, 0.2) is 48.5 Å². The Kier molecular flexibility index (Phi) is 4.13. The summed E-state index contributed by atoms with van der Waals surface area (Å²) in [5.74, 6) is 1.44. The molecule has 0 aromatic heterocycles. The molecule has 0 heterocycles. The molecule has 0 saturated carbocycles. The molecule has 0 saturated heterocycles. The molecule has 0 radical (unpaired) electrons. The molecule has 0 N–H and O–H groups in total. The topological polar surface area (TPSA) is 35.5 Å². The van der Waals surface area contributed by atoms with Crippen molar-refractivity contribution in [2.75, 3.05) is 14.2 Å². The van der Waals surface area contributed by atoms with Crippen molar-refractivity contribution in [3.05, 3.63) is 48.5 Å². The molecule has 18 heavy (non-hydrogen) atoms. The Hall–Kier alpha value is -1.64. The fourth-order valence-corrected chi connectivity index (χ4v) is 3.92. The van der Waals surface area contributed by atoms with Crippen LogP contribution >= 0.6 is 0 Å². The quantitative estimate of drug-likeness (QED) is 0.797. The third-order valence-electron chi connectivity index (χ3n) is 2.51. The van der Waals surface area contributed by atoms with Crippen molar-refractivity contribution in [2.24, 2.45) is 0 Å². The molecular weight excluding hydrogens is 295 g/mol. The van der Waals surface area contributed by atoms with E-state index in [0.717, 1.165) is 20.4 Å². The first-order valence-electron chi connectivity index (χ1n) is 5.44. The van der Waals surface area contributed by atoms with Crippen LogP contribution in [0.2, 0.25) is 0 Å². The molecule has 0 aliphatic rings. The van der Waals surface area contributed by atoms with Crippen LogP contribution in [-0.4, -0.2) is 28.1 Å². The van der Waals surface area contributed by atoms with Crippen LogP contribution < -0.4 is 18.4 Å². The Bertz CT molecular complexity index is 517. The fourth-order valence-electron chi connectivity index (χ4n) is 1.57. The van der Waals surface area contributed by atoms with E-state index in [0.29, 0.717) is 0 Å². The average molecular weight is 309 g/mol. The molecule has 0 aliphatic carbocycles. The standard InChI is InChI=1S/C14H14O3Se/c1-16-11-5-3-7-13(9-11)18(15)14-8-4-6-12(10-14)17-2/h3-10H,1-2H3. The van der Waals surface area contributed by atoms with E-state index >= 15 is 0 Å². The van der Waals surface area contributed by atoms with Crippen LogP contribution in [0.25, 0.3) is 0 Å². The molecule has 0 unspecified atom stereocenters. The molecule has 4 heteroatoms. The zero-order valence-electron chi connectivity index (χ0n) is 10.3. The van der Waals surface area contributed by atoms with Gasteiger partial charge >= 0.3 is 110 Å². The Morgan fingerprint density at radius 1 is 0.833 bits per heavy atom. The van der Waals surface area contributed by atoms with E-state index in [4.69, 9.17) is 9.47 Å². The van der Waals surface area contributed by atoms with Gasteiger partial charge in [-0.15, -0.1) is 0 Å². The first-order valence-corrected chi connectivity index (χ1v) is 7.85. The summed E-state index contributed by atoms with van der Waals surface area (Å²) in [7, 11) is 3.20. The number of hydrogen-bond donors (Lipinski definition) is 0. The zero-order valence-corrected chi connectivity index (χ0v) is 12.0. The van der Waals surface area contributed by atoms with E-state index in [1.54, 1.807) is 14.2 Å². The maximum absolute atomic E-state index is 12.5. The van der Waals surface area contributed by atoms with Gasteiger partial charge in [0.2, 0.25) is 0 Å². The minimum atomic E-state index is -2.27. The summed E-state index contributed by atoms with van der Waals surface area (Å²) < 4.78 is 24.4. The van der Waals surface area contributed by atoms with Crippen LogP contribution in [0.4, 0.5) is 0 Å². The second-order valence-corrected chi connectivity index (χ2v) is 6.73. The van der Waals surface area contributed by atoms with Crippen molar-refractivity contribution in [3.63, 3.8) is 0 Å². The van der Waals surface area contributed by atoms with Crippen LogP contribution in [0.1, 0.15) is 0 Å². The maximum atomic E-state index is 12.5. The molecule has 3 nitrogen and oxygen atoms in total. The summed E-state index contributed by atoms with van der Waals surface area (Å²) >= 11 is -2.27. The van der Waals surface area contributed by atoms with Gasteiger partial charge < -0.3 is 0 Å². The molecule has 2 rings (SSSR count). The Labute approximate surface area is 110 Å². The van der Waals surface area contributed by atoms with Gasteiger partial charge in [-0.1, -0.05) is 0 Å². The van der Waals surface area contributed by atoms with Crippen molar-refractivity contribution >= 4 is 22.8 Å². The predicted molar refractivity (Wildman–Crippen MR) is 71.7 cm³/mol. The van der Waals surface area contributed by atoms with Crippen LogP contribution in [0.3, 0.4) is 0 Å². The molecule has 0 fully saturated rings. The van der Waals surface area contributed by atoms with E-state index in [1.165, 1.54) is 0 Å². The Morgan fingerprint density at radius 3 is 1.67 bits per heavy atom. The summed E-state index contributed by atoms with van der Waals surface area (Å²) in [5, 5.41) is 0. The minimum absolute atomic E-state index is 0.722. The molecule has 0 atom stereocenters. The van der Waals surface area contributed by atoms with Crippen molar-refractivity contribution in [3.8, 4) is 11.5 Å². The molecular formula is C14H14O3Se. The van der Waals surface area contributed by atoms with Gasteiger partial charge in [0.25, 0.3) is 0 Å². The predicted octanol–water partition coefficient (Wildman–Crippen LogP) is 1.24. The Morgan fingerprint density at radius 2 is 1.28 bits per heavy atom. The summed E-state index contributed by atoms with van der Waals surface area (Å²) in [4.78, 5) is 0. The molecule has 0 spiro atoms. The van der Waals surface area contributed by atoms with Crippen molar-refractivity contribution in [2.45, 2.75) is 0 Å². The first kappa shape index (κ1) is 12.8. The van der Waals surface area contributed by atoms with E-state index in [1.807, 2.05) is 48.5 Å². The molecule has 2 aromatic rings. The third-order valence-corrected chi connectivity index (χ3v) is 5.37. The van der Waals surface area contributed by atoms with E-state index in [9.17, 15) is 3.83 Å². The van der Waals surface area contributed by atoms with Gasteiger partial charge in [-0.05, 0) is 0 Å². The number of ether oxygens (including phenoxy) is 2. The monoisotopic (exact) mass is 310 g/mol. The summed E-state index contributed by atoms with van der Waals surface area (Å²) in [5.41, 5.74) is 0. The van der Waals surface area contributed by atoms with Gasteiger partial charge in [-0.2, -0.15) is 0 Å². The molecule has 0 bridgehead atoms. The van der Waals surface area contributed by atoms with Gasteiger partial charge in [0, 0.05) is 0 Å². The second-order valence-electron chi connectivity index (χ2n) is 3.63. The van der Waals surface area contributed by atoms with Crippen molar-refractivity contribution in [1.82, 2.24) is 0 Å². The number of rotatable bonds is 4. The number of hydrogen-bond acceptors (Lipinski definition) is 3. The van der Waals surface area contributed by atoms with Gasteiger partial charge in [0.05, 0.1) is 0 Å². The first-order chi connectivity index (χ1) is 8.74. The molecule has 2 aromatic carbocycles. The van der Waals surface area contributed by atoms with E-state index in [-0.39, 0.29) is 0 Å². The molecule has 0 aliphatic heterocycles. The van der Waals surface area contributed by atoms with E-state index in [2.05, 4.69) is 0 Å².